The fraction of sp³-hybridized carbons (Fsp3) is 0.174. The van der Waals surface area contributed by atoms with Gasteiger partial charge in [0.05, 0.1) is 23.6 Å². The lowest BCUT2D eigenvalue weighted by Crippen LogP contribution is -2.41. The van der Waals surface area contributed by atoms with Gasteiger partial charge in [-0.1, -0.05) is 35.6 Å². The predicted molar refractivity (Wildman–Crippen MR) is 122 cm³/mol. The third-order valence-corrected chi connectivity index (χ3v) is 6.27. The van der Waals surface area contributed by atoms with E-state index in [4.69, 9.17) is 4.98 Å². The molecule has 0 saturated heterocycles. The van der Waals surface area contributed by atoms with Crippen LogP contribution in [-0.4, -0.2) is 30.4 Å². The zero-order valence-corrected chi connectivity index (χ0v) is 18.1. The van der Waals surface area contributed by atoms with Crippen LogP contribution in [-0.2, 0) is 12.6 Å². The second-order valence-electron chi connectivity index (χ2n) is 7.90. The minimum atomic E-state index is -0.588. The molecule has 0 fully saturated rings. The van der Waals surface area contributed by atoms with Crippen LogP contribution in [0.4, 0.5) is 0 Å². The Bertz CT molecular complexity index is 1420. The van der Waals surface area contributed by atoms with Crippen LogP contribution in [0.1, 0.15) is 29.9 Å². The Labute approximate surface area is 182 Å². The summed E-state index contributed by atoms with van der Waals surface area (Å²) < 4.78 is 1.97. The Kier molecular flexibility index (Phi) is 4.51. The SMILES string of the molecule is Cn1cnc2cnc3sc(-c4cccc(C(C)(C)NC(=O)c5ccccn5)c4)nc3c21. The van der Waals surface area contributed by atoms with Gasteiger partial charge in [0.15, 0.2) is 0 Å². The van der Waals surface area contributed by atoms with Gasteiger partial charge in [-0.25, -0.2) is 15.0 Å². The first-order valence-electron chi connectivity index (χ1n) is 9.83. The minimum Gasteiger partial charge on any atom is -0.342 e. The molecule has 1 N–H and O–H groups in total. The number of imidazole rings is 1. The van der Waals surface area contributed by atoms with Gasteiger partial charge in [0, 0.05) is 18.8 Å². The van der Waals surface area contributed by atoms with E-state index < -0.39 is 5.54 Å². The van der Waals surface area contributed by atoms with Crippen LogP contribution < -0.4 is 5.32 Å². The Morgan fingerprint density at radius 2 is 1.97 bits per heavy atom. The first kappa shape index (κ1) is 19.3. The highest BCUT2D eigenvalue weighted by Gasteiger charge is 2.25. The molecule has 0 aliphatic rings. The highest BCUT2D eigenvalue weighted by molar-refractivity contribution is 7.21. The van der Waals surface area contributed by atoms with Gasteiger partial charge in [-0.15, -0.1) is 0 Å². The number of carbonyl (C=O) groups excluding carboxylic acids is 1. The molecule has 0 radical (unpaired) electrons. The molecular formula is C23H20N6OS. The van der Waals surface area contributed by atoms with E-state index in [1.807, 2.05) is 43.7 Å². The zero-order valence-electron chi connectivity index (χ0n) is 17.3. The molecule has 8 heteroatoms. The van der Waals surface area contributed by atoms with Gasteiger partial charge in [-0.2, -0.15) is 0 Å². The molecule has 4 aromatic heterocycles. The van der Waals surface area contributed by atoms with Crippen LogP contribution in [0.2, 0.25) is 0 Å². The molecule has 0 saturated carbocycles. The van der Waals surface area contributed by atoms with Gasteiger partial charge >= 0.3 is 0 Å². The van der Waals surface area contributed by atoms with E-state index >= 15 is 0 Å². The number of carbonyl (C=O) groups is 1. The Balaban J connectivity index is 1.50. The summed E-state index contributed by atoms with van der Waals surface area (Å²) in [6.07, 6.45) is 5.17. The summed E-state index contributed by atoms with van der Waals surface area (Å²) in [6.45, 7) is 3.96. The number of hydrogen-bond acceptors (Lipinski definition) is 6. The standard InChI is InChI=1S/C23H20N6OS/c1-23(2,28-20(30)16-9-4-5-10-24-16)15-8-6-7-14(11-15)21-27-18-19-17(26-13-29(19)3)12-25-22(18)31-21/h4-13H,1-3H3,(H,28,30). The molecule has 0 aliphatic carbocycles. The molecule has 154 valence electrons. The van der Waals surface area contributed by atoms with Gasteiger partial charge in [-0.3, -0.25) is 9.78 Å². The first-order valence-corrected chi connectivity index (χ1v) is 10.6. The van der Waals surface area contributed by atoms with Crippen molar-refractivity contribution in [2.45, 2.75) is 19.4 Å². The summed E-state index contributed by atoms with van der Waals surface area (Å²) in [5, 5.41) is 3.96. The van der Waals surface area contributed by atoms with E-state index in [1.54, 1.807) is 48.3 Å². The average Bonchev–Trinajstić information content (AvgIpc) is 3.37. The molecule has 7 nitrogen and oxygen atoms in total. The minimum absolute atomic E-state index is 0.209. The van der Waals surface area contributed by atoms with Crippen molar-refractivity contribution in [1.82, 2.24) is 29.8 Å². The van der Waals surface area contributed by atoms with Crippen LogP contribution in [0, 0.1) is 0 Å². The van der Waals surface area contributed by atoms with Crippen LogP contribution in [0.15, 0.2) is 61.2 Å². The Morgan fingerprint density at radius 1 is 1.10 bits per heavy atom. The number of nitrogens with one attached hydrogen (secondary N) is 1. The number of aryl methyl sites for hydroxylation is 1. The second-order valence-corrected chi connectivity index (χ2v) is 8.87. The van der Waals surface area contributed by atoms with Crippen molar-refractivity contribution in [2.24, 2.45) is 7.05 Å². The monoisotopic (exact) mass is 428 g/mol. The number of aromatic nitrogens is 5. The summed E-state index contributed by atoms with van der Waals surface area (Å²) in [4.78, 5) is 31.4. The normalized spacial score (nSPS) is 11.8. The fourth-order valence-corrected chi connectivity index (χ4v) is 4.50. The summed E-state index contributed by atoms with van der Waals surface area (Å²) >= 11 is 1.55. The van der Waals surface area contributed by atoms with Crippen LogP contribution in [0.25, 0.3) is 32.0 Å². The largest absolute Gasteiger partial charge is 0.342 e. The maximum absolute atomic E-state index is 12.6. The van der Waals surface area contributed by atoms with Gasteiger partial charge in [0.1, 0.15) is 26.6 Å². The van der Waals surface area contributed by atoms with Crippen molar-refractivity contribution in [3.05, 3.63) is 72.4 Å². The molecule has 4 heterocycles. The number of benzene rings is 1. The lowest BCUT2D eigenvalue weighted by molar-refractivity contribution is 0.0907. The Hall–Kier alpha value is -3.65. The lowest BCUT2D eigenvalue weighted by Gasteiger charge is -2.27. The molecule has 0 bridgehead atoms. The molecule has 0 unspecified atom stereocenters. The number of fused-ring (bicyclic) bond motifs is 3. The van der Waals surface area contributed by atoms with Crippen LogP contribution >= 0.6 is 11.3 Å². The topological polar surface area (TPSA) is 85.6 Å². The maximum Gasteiger partial charge on any atom is 0.270 e. The average molecular weight is 429 g/mol. The van der Waals surface area contributed by atoms with E-state index in [0.29, 0.717) is 5.69 Å². The second kappa shape index (κ2) is 7.24. The highest BCUT2D eigenvalue weighted by atomic mass is 32.1. The van der Waals surface area contributed by atoms with E-state index in [2.05, 4.69) is 26.3 Å². The summed E-state index contributed by atoms with van der Waals surface area (Å²) in [6, 6.07) is 13.4. The summed E-state index contributed by atoms with van der Waals surface area (Å²) in [7, 11) is 1.96. The number of hydrogen-bond donors (Lipinski definition) is 1. The molecule has 5 rings (SSSR count). The van der Waals surface area contributed by atoms with E-state index in [9.17, 15) is 4.79 Å². The third-order valence-electron chi connectivity index (χ3n) is 5.26. The number of rotatable bonds is 4. The number of nitrogens with zero attached hydrogens (tertiary/aromatic N) is 5. The van der Waals surface area contributed by atoms with Gasteiger partial charge < -0.3 is 9.88 Å². The Morgan fingerprint density at radius 3 is 2.77 bits per heavy atom. The van der Waals surface area contributed by atoms with Crippen molar-refractivity contribution in [1.29, 1.82) is 0 Å². The number of pyridine rings is 2. The van der Waals surface area contributed by atoms with Crippen LogP contribution in [0.3, 0.4) is 0 Å². The molecule has 0 atom stereocenters. The molecule has 1 amide bonds. The number of thiazole rings is 1. The molecule has 1 aromatic carbocycles. The molecule has 31 heavy (non-hydrogen) atoms. The lowest BCUT2D eigenvalue weighted by atomic mass is 9.92. The van der Waals surface area contributed by atoms with Crippen molar-refractivity contribution in [3.8, 4) is 10.6 Å². The van der Waals surface area contributed by atoms with Crippen molar-refractivity contribution in [3.63, 3.8) is 0 Å². The fourth-order valence-electron chi connectivity index (χ4n) is 3.59. The summed E-state index contributed by atoms with van der Waals surface area (Å²) in [5.41, 5.74) is 4.43. The maximum atomic E-state index is 12.6. The zero-order chi connectivity index (χ0) is 21.6. The van der Waals surface area contributed by atoms with Crippen molar-refractivity contribution >= 4 is 38.6 Å². The smallest absolute Gasteiger partial charge is 0.270 e. The van der Waals surface area contributed by atoms with Crippen molar-refractivity contribution in [2.75, 3.05) is 0 Å². The van der Waals surface area contributed by atoms with Gasteiger partial charge in [0.2, 0.25) is 0 Å². The van der Waals surface area contributed by atoms with Crippen molar-refractivity contribution < 1.29 is 4.79 Å². The summed E-state index contributed by atoms with van der Waals surface area (Å²) in [5.74, 6) is -0.209. The predicted octanol–water partition coefficient (Wildman–Crippen LogP) is 4.31. The van der Waals surface area contributed by atoms with Gasteiger partial charge in [0.25, 0.3) is 5.91 Å². The highest BCUT2D eigenvalue weighted by Crippen LogP contribution is 2.34. The first-order chi connectivity index (χ1) is 14.9. The van der Waals surface area contributed by atoms with E-state index in [0.717, 1.165) is 37.5 Å². The molecule has 5 aromatic rings. The molecular weight excluding hydrogens is 408 g/mol. The third kappa shape index (κ3) is 3.44. The molecule has 0 spiro atoms. The number of amides is 1. The van der Waals surface area contributed by atoms with E-state index in [1.165, 1.54) is 0 Å². The quantitative estimate of drug-likeness (QED) is 0.461. The molecule has 0 aliphatic heterocycles. The van der Waals surface area contributed by atoms with Gasteiger partial charge in [-0.05, 0) is 37.6 Å². The van der Waals surface area contributed by atoms with Crippen LogP contribution in [0.5, 0.6) is 0 Å². The van der Waals surface area contributed by atoms with E-state index in [-0.39, 0.29) is 5.91 Å².